The Hall–Kier alpha value is -1.07. The summed E-state index contributed by atoms with van der Waals surface area (Å²) in [6, 6.07) is 4.20. The molecule has 0 bridgehead atoms. The highest BCUT2D eigenvalue weighted by Crippen LogP contribution is 2.16. The van der Waals surface area contributed by atoms with Crippen LogP contribution in [0.2, 0.25) is 0 Å². The minimum Gasteiger partial charge on any atom is -0.198 e. The Labute approximate surface area is 70.6 Å². The van der Waals surface area contributed by atoms with Crippen LogP contribution in [0.15, 0.2) is 18.0 Å². The molecule has 0 aliphatic rings. The average Bonchev–Trinajstić information content (AvgIpc) is 2.48. The smallest absolute Gasteiger partial charge is 0.0625 e. The van der Waals surface area contributed by atoms with Crippen LogP contribution in [0.1, 0.15) is 16.9 Å². The molecule has 0 radical (unpaired) electrons. The molecule has 0 unspecified atom stereocenters. The van der Waals surface area contributed by atoms with Crippen LogP contribution < -0.4 is 0 Å². The van der Waals surface area contributed by atoms with Crippen molar-refractivity contribution in [2.24, 2.45) is 0 Å². The van der Waals surface area contributed by atoms with Gasteiger partial charge in [-0.2, -0.15) is 5.26 Å². The van der Waals surface area contributed by atoms with Crippen LogP contribution in [0.3, 0.4) is 0 Å². The Kier molecular flexibility index (Phi) is 2.88. The topological polar surface area (TPSA) is 23.8 Å². The van der Waals surface area contributed by atoms with Crippen molar-refractivity contribution in [1.82, 2.24) is 0 Å². The number of rotatable bonds is 3. The number of nitrogens with zero attached hydrogens (tertiary/aromatic N) is 1. The fraction of sp³-hybridized carbons (Fsp3) is 0.222. The zero-order chi connectivity index (χ0) is 8.10. The number of hydrogen-bond acceptors (Lipinski definition) is 2. The van der Waals surface area contributed by atoms with E-state index in [9.17, 15) is 0 Å². The normalized spacial score (nSPS) is 9.00. The fourth-order valence-electron chi connectivity index (χ4n) is 0.833. The standard InChI is InChI=1S/C9H9NS/c1-2-9-6-8(7-11-9)4-3-5-10/h2,6-7H,1,3-4H2. The van der Waals surface area contributed by atoms with Crippen molar-refractivity contribution in [3.8, 4) is 6.07 Å². The Balaban J connectivity index is 2.59. The van der Waals surface area contributed by atoms with Crippen LogP contribution in [0.4, 0.5) is 0 Å². The van der Waals surface area contributed by atoms with Crippen molar-refractivity contribution in [1.29, 1.82) is 5.26 Å². The van der Waals surface area contributed by atoms with Gasteiger partial charge in [-0.15, -0.1) is 11.3 Å². The van der Waals surface area contributed by atoms with Crippen molar-refractivity contribution < 1.29 is 0 Å². The molecule has 0 amide bonds. The van der Waals surface area contributed by atoms with Crippen molar-refractivity contribution in [3.05, 3.63) is 28.5 Å². The molecule has 0 saturated heterocycles. The number of nitriles is 1. The maximum atomic E-state index is 8.32. The van der Waals surface area contributed by atoms with Crippen LogP contribution in [0.5, 0.6) is 0 Å². The van der Waals surface area contributed by atoms with E-state index >= 15 is 0 Å². The number of hydrogen-bond donors (Lipinski definition) is 0. The van der Waals surface area contributed by atoms with E-state index in [1.807, 2.05) is 6.08 Å². The fourth-order valence-corrected chi connectivity index (χ4v) is 1.62. The third-order valence-electron chi connectivity index (χ3n) is 1.40. The predicted octanol–water partition coefficient (Wildman–Crippen LogP) is 2.85. The molecule has 0 aliphatic heterocycles. The highest BCUT2D eigenvalue weighted by Gasteiger charge is 1.95. The maximum Gasteiger partial charge on any atom is 0.0625 e. The van der Waals surface area contributed by atoms with Crippen molar-refractivity contribution >= 4 is 17.4 Å². The zero-order valence-corrected chi connectivity index (χ0v) is 7.03. The summed E-state index contributed by atoms with van der Waals surface area (Å²) in [5.74, 6) is 0. The SMILES string of the molecule is C=Cc1cc(CCC#N)cs1. The van der Waals surface area contributed by atoms with Crippen LogP contribution in [0, 0.1) is 11.3 Å². The van der Waals surface area contributed by atoms with Gasteiger partial charge < -0.3 is 0 Å². The Morgan fingerprint density at radius 2 is 2.55 bits per heavy atom. The summed E-state index contributed by atoms with van der Waals surface area (Å²) in [7, 11) is 0. The molecule has 1 rings (SSSR count). The van der Waals surface area contributed by atoms with Gasteiger partial charge in [-0.25, -0.2) is 0 Å². The molecule has 0 spiro atoms. The Morgan fingerprint density at radius 1 is 1.73 bits per heavy atom. The number of thiophene rings is 1. The molecular weight excluding hydrogens is 154 g/mol. The van der Waals surface area contributed by atoms with Gasteiger partial charge in [0.1, 0.15) is 0 Å². The predicted molar refractivity (Wildman–Crippen MR) is 48.3 cm³/mol. The molecule has 0 atom stereocenters. The molecule has 0 fully saturated rings. The van der Waals surface area contributed by atoms with E-state index in [-0.39, 0.29) is 0 Å². The first kappa shape index (κ1) is 8.03. The lowest BCUT2D eigenvalue weighted by Gasteiger charge is -1.85. The van der Waals surface area contributed by atoms with E-state index in [2.05, 4.69) is 24.1 Å². The van der Waals surface area contributed by atoms with E-state index in [1.54, 1.807) is 11.3 Å². The average molecular weight is 163 g/mol. The zero-order valence-electron chi connectivity index (χ0n) is 6.21. The minimum atomic E-state index is 0.604. The molecule has 1 aromatic rings. The molecule has 1 nitrogen and oxygen atoms in total. The van der Waals surface area contributed by atoms with Crippen LogP contribution >= 0.6 is 11.3 Å². The largest absolute Gasteiger partial charge is 0.198 e. The second kappa shape index (κ2) is 3.95. The second-order valence-electron chi connectivity index (χ2n) is 2.22. The van der Waals surface area contributed by atoms with Gasteiger partial charge in [-0.05, 0) is 23.4 Å². The monoisotopic (exact) mass is 163 g/mol. The van der Waals surface area contributed by atoms with E-state index in [0.29, 0.717) is 6.42 Å². The van der Waals surface area contributed by atoms with Gasteiger partial charge in [0.25, 0.3) is 0 Å². The molecule has 11 heavy (non-hydrogen) atoms. The van der Waals surface area contributed by atoms with Gasteiger partial charge in [0.2, 0.25) is 0 Å². The van der Waals surface area contributed by atoms with Crippen LogP contribution in [-0.4, -0.2) is 0 Å². The molecule has 0 aromatic carbocycles. The summed E-state index contributed by atoms with van der Waals surface area (Å²) in [4.78, 5) is 1.18. The van der Waals surface area contributed by atoms with Crippen LogP contribution in [-0.2, 0) is 6.42 Å². The molecule has 0 aliphatic carbocycles. The third-order valence-corrected chi connectivity index (χ3v) is 2.38. The van der Waals surface area contributed by atoms with Gasteiger partial charge >= 0.3 is 0 Å². The summed E-state index contributed by atoms with van der Waals surface area (Å²) < 4.78 is 0. The summed E-state index contributed by atoms with van der Waals surface area (Å²) in [5.41, 5.74) is 1.24. The lowest BCUT2D eigenvalue weighted by molar-refractivity contribution is 1.02. The summed E-state index contributed by atoms with van der Waals surface area (Å²) in [6.45, 7) is 3.67. The summed E-state index contributed by atoms with van der Waals surface area (Å²) in [6.07, 6.45) is 3.30. The van der Waals surface area contributed by atoms with Crippen molar-refractivity contribution in [2.75, 3.05) is 0 Å². The van der Waals surface area contributed by atoms with Crippen molar-refractivity contribution in [3.63, 3.8) is 0 Å². The first-order valence-electron chi connectivity index (χ1n) is 3.43. The summed E-state index contributed by atoms with van der Waals surface area (Å²) in [5, 5.41) is 10.4. The van der Waals surface area contributed by atoms with Gasteiger partial charge in [-0.1, -0.05) is 12.7 Å². The van der Waals surface area contributed by atoms with Crippen LogP contribution in [0.25, 0.3) is 6.08 Å². The van der Waals surface area contributed by atoms with Gasteiger partial charge in [0, 0.05) is 11.3 Å². The van der Waals surface area contributed by atoms with E-state index in [4.69, 9.17) is 5.26 Å². The maximum absolute atomic E-state index is 8.32. The Morgan fingerprint density at radius 3 is 3.09 bits per heavy atom. The minimum absolute atomic E-state index is 0.604. The second-order valence-corrected chi connectivity index (χ2v) is 3.16. The number of aryl methyl sites for hydroxylation is 1. The highest BCUT2D eigenvalue weighted by atomic mass is 32.1. The molecule has 2 heteroatoms. The first-order valence-corrected chi connectivity index (χ1v) is 4.31. The quantitative estimate of drug-likeness (QED) is 0.672. The van der Waals surface area contributed by atoms with E-state index in [0.717, 1.165) is 6.42 Å². The Bertz CT molecular complexity index is 280. The van der Waals surface area contributed by atoms with E-state index < -0.39 is 0 Å². The van der Waals surface area contributed by atoms with Gasteiger partial charge in [0.15, 0.2) is 0 Å². The van der Waals surface area contributed by atoms with Gasteiger partial charge in [0.05, 0.1) is 6.07 Å². The molecular formula is C9H9NS. The molecule has 1 aromatic heterocycles. The highest BCUT2D eigenvalue weighted by molar-refractivity contribution is 7.11. The molecule has 56 valence electrons. The lowest BCUT2D eigenvalue weighted by Crippen LogP contribution is -1.76. The third kappa shape index (κ3) is 2.21. The van der Waals surface area contributed by atoms with E-state index in [1.165, 1.54) is 10.4 Å². The van der Waals surface area contributed by atoms with Crippen molar-refractivity contribution in [2.45, 2.75) is 12.8 Å². The summed E-state index contributed by atoms with van der Waals surface area (Å²) >= 11 is 1.67. The molecule has 0 N–H and O–H groups in total. The lowest BCUT2D eigenvalue weighted by atomic mass is 10.2. The van der Waals surface area contributed by atoms with Gasteiger partial charge in [-0.3, -0.25) is 0 Å². The first-order chi connectivity index (χ1) is 5.36. The molecule has 0 saturated carbocycles. The molecule has 1 heterocycles.